The normalized spacial score (nSPS) is 26.9. The molecular formula is C15H22BNO3. The summed E-state index contributed by atoms with van der Waals surface area (Å²) in [5.74, 6) is 0. The van der Waals surface area contributed by atoms with Crippen LogP contribution in [0.25, 0.3) is 6.08 Å². The lowest BCUT2D eigenvalue weighted by Gasteiger charge is -2.32. The summed E-state index contributed by atoms with van der Waals surface area (Å²) in [6.45, 7) is 8.25. The molecule has 1 unspecified atom stereocenters. The van der Waals surface area contributed by atoms with E-state index < -0.39 is 0 Å². The van der Waals surface area contributed by atoms with Crippen LogP contribution in [0.4, 0.5) is 0 Å². The maximum Gasteiger partial charge on any atom is 0.512 e. The molecule has 1 aliphatic carbocycles. The zero-order valence-electron chi connectivity index (χ0n) is 12.8. The number of fused-ring (bicyclic) bond motifs is 1. The quantitative estimate of drug-likeness (QED) is 0.843. The Morgan fingerprint density at radius 2 is 1.90 bits per heavy atom. The van der Waals surface area contributed by atoms with Crippen LogP contribution in [-0.2, 0) is 14.0 Å². The highest BCUT2D eigenvalue weighted by molar-refractivity contribution is 6.61. The summed E-state index contributed by atoms with van der Waals surface area (Å²) >= 11 is 0. The molecule has 1 aromatic rings. The largest absolute Gasteiger partial charge is 0.512 e. The van der Waals surface area contributed by atoms with E-state index in [1.165, 1.54) is 0 Å². The number of ether oxygens (including phenoxy) is 1. The molecule has 20 heavy (non-hydrogen) atoms. The minimum Gasteiger partial charge on any atom is -0.398 e. The topological polar surface area (TPSA) is 43.5 Å². The highest BCUT2D eigenvalue weighted by Gasteiger charge is 2.52. The summed E-state index contributed by atoms with van der Waals surface area (Å²) < 4.78 is 17.7. The van der Waals surface area contributed by atoms with Crippen molar-refractivity contribution >= 4 is 18.8 Å². The Hall–Kier alpha value is -1.04. The first kappa shape index (κ1) is 13.9. The molecule has 0 bridgehead atoms. The summed E-state index contributed by atoms with van der Waals surface area (Å²) in [6, 6.07) is 2.10. The van der Waals surface area contributed by atoms with Gasteiger partial charge in [0, 0.05) is 12.7 Å². The second-order valence-corrected chi connectivity index (χ2v) is 6.54. The van der Waals surface area contributed by atoms with Gasteiger partial charge in [-0.05, 0) is 45.7 Å². The van der Waals surface area contributed by atoms with E-state index in [-0.39, 0.29) is 24.4 Å². The highest BCUT2D eigenvalue weighted by atomic mass is 16.7. The molecule has 1 fully saturated rings. The van der Waals surface area contributed by atoms with E-state index in [4.69, 9.17) is 14.0 Å². The van der Waals surface area contributed by atoms with E-state index in [1.54, 1.807) is 7.11 Å². The minimum absolute atomic E-state index is 0.0890. The minimum atomic E-state index is -0.350. The van der Waals surface area contributed by atoms with Crippen LogP contribution in [0.3, 0.4) is 0 Å². The summed E-state index contributed by atoms with van der Waals surface area (Å²) in [5, 5.41) is 0. The number of H-pyrrole nitrogens is 1. The third-order valence-electron chi connectivity index (χ3n) is 4.66. The lowest BCUT2D eigenvalue weighted by molar-refractivity contribution is 0.00578. The molecule has 0 radical (unpaired) electrons. The Balaban J connectivity index is 1.91. The van der Waals surface area contributed by atoms with Gasteiger partial charge in [0.1, 0.15) is 6.10 Å². The maximum absolute atomic E-state index is 6.08. The van der Waals surface area contributed by atoms with Gasteiger partial charge >= 0.3 is 7.12 Å². The van der Waals surface area contributed by atoms with E-state index in [0.717, 1.165) is 23.3 Å². The van der Waals surface area contributed by atoms with Crippen molar-refractivity contribution in [1.82, 2.24) is 4.98 Å². The number of rotatable bonds is 2. The molecule has 3 rings (SSSR count). The molecule has 4 nitrogen and oxygen atoms in total. The molecule has 0 amide bonds. The van der Waals surface area contributed by atoms with Crippen LogP contribution in [0.1, 0.15) is 51.5 Å². The molecule has 1 aliphatic heterocycles. The van der Waals surface area contributed by atoms with Crippen molar-refractivity contribution in [2.45, 2.75) is 51.4 Å². The fraction of sp³-hybridized carbons (Fsp3) is 0.600. The number of aromatic amines is 1. The molecule has 2 heterocycles. The van der Waals surface area contributed by atoms with E-state index in [0.29, 0.717) is 0 Å². The Morgan fingerprint density at radius 3 is 2.50 bits per heavy atom. The molecule has 1 atom stereocenters. The smallest absolute Gasteiger partial charge is 0.398 e. The van der Waals surface area contributed by atoms with Crippen molar-refractivity contribution in [1.29, 1.82) is 0 Å². The molecule has 1 aromatic heterocycles. The molecule has 0 saturated carbocycles. The number of hydrogen-bond acceptors (Lipinski definition) is 3. The number of aromatic nitrogens is 1. The Morgan fingerprint density at radius 1 is 1.25 bits per heavy atom. The van der Waals surface area contributed by atoms with Gasteiger partial charge in [-0.1, -0.05) is 12.2 Å². The van der Waals surface area contributed by atoms with Crippen molar-refractivity contribution in [3.63, 3.8) is 0 Å². The predicted octanol–water partition coefficient (Wildman–Crippen LogP) is 2.42. The van der Waals surface area contributed by atoms with Gasteiger partial charge in [-0.3, -0.25) is 0 Å². The monoisotopic (exact) mass is 275 g/mol. The summed E-state index contributed by atoms with van der Waals surface area (Å²) in [6.07, 6.45) is 5.24. The molecule has 108 valence electrons. The van der Waals surface area contributed by atoms with Crippen LogP contribution in [-0.4, -0.2) is 30.4 Å². The number of methoxy groups -OCH3 is 1. The lowest BCUT2D eigenvalue weighted by atomic mass is 9.85. The predicted molar refractivity (Wildman–Crippen MR) is 79.9 cm³/mol. The summed E-state index contributed by atoms with van der Waals surface area (Å²) in [7, 11) is 1.39. The fourth-order valence-corrected chi connectivity index (χ4v) is 2.66. The SMILES string of the molecule is COC1CC=Cc2cc(B3OC(C)(C)C(C)(C)O3)[nH]c21. The van der Waals surface area contributed by atoms with Gasteiger partial charge in [0.25, 0.3) is 0 Å². The van der Waals surface area contributed by atoms with Crippen LogP contribution in [0.5, 0.6) is 0 Å². The van der Waals surface area contributed by atoms with Crippen molar-refractivity contribution in [3.8, 4) is 0 Å². The van der Waals surface area contributed by atoms with Gasteiger partial charge in [0.2, 0.25) is 0 Å². The maximum atomic E-state index is 6.08. The van der Waals surface area contributed by atoms with Gasteiger partial charge in [-0.2, -0.15) is 0 Å². The van der Waals surface area contributed by atoms with Gasteiger partial charge in [-0.25, -0.2) is 0 Å². The summed E-state index contributed by atoms with van der Waals surface area (Å²) in [5.41, 5.74) is 2.59. The molecule has 5 heteroatoms. The number of nitrogens with one attached hydrogen (secondary N) is 1. The van der Waals surface area contributed by atoms with Crippen LogP contribution < -0.4 is 5.59 Å². The standard InChI is InChI=1S/C15H22BNO3/c1-14(2)15(3,4)20-16(19-14)12-9-10-7-6-8-11(18-5)13(10)17-12/h6-7,9,11,17H,8H2,1-5H3. The Kier molecular flexibility index (Phi) is 3.12. The third-order valence-corrected chi connectivity index (χ3v) is 4.66. The third kappa shape index (κ3) is 2.05. The fourth-order valence-electron chi connectivity index (χ4n) is 2.66. The van der Waals surface area contributed by atoms with Crippen LogP contribution in [0.15, 0.2) is 12.1 Å². The van der Waals surface area contributed by atoms with E-state index in [1.807, 2.05) is 0 Å². The van der Waals surface area contributed by atoms with Crippen molar-refractivity contribution < 1.29 is 14.0 Å². The molecule has 0 spiro atoms. The first-order chi connectivity index (χ1) is 9.34. The molecule has 2 aliphatic rings. The van der Waals surface area contributed by atoms with E-state index in [9.17, 15) is 0 Å². The van der Waals surface area contributed by atoms with Crippen LogP contribution in [0, 0.1) is 0 Å². The van der Waals surface area contributed by atoms with Gasteiger partial charge in [-0.15, -0.1) is 0 Å². The van der Waals surface area contributed by atoms with Gasteiger partial charge in [0.15, 0.2) is 0 Å². The van der Waals surface area contributed by atoms with Gasteiger partial charge in [0.05, 0.1) is 16.9 Å². The molecule has 0 aromatic carbocycles. The number of hydrogen-bond donors (Lipinski definition) is 1. The first-order valence-corrected chi connectivity index (χ1v) is 7.12. The second-order valence-electron chi connectivity index (χ2n) is 6.54. The molecule has 1 saturated heterocycles. The average molecular weight is 275 g/mol. The zero-order valence-corrected chi connectivity index (χ0v) is 12.8. The molecule has 1 N–H and O–H groups in total. The van der Waals surface area contributed by atoms with E-state index in [2.05, 4.69) is 50.9 Å². The second kappa shape index (κ2) is 4.48. The molecular weight excluding hydrogens is 253 g/mol. The van der Waals surface area contributed by atoms with Crippen molar-refractivity contribution in [2.24, 2.45) is 0 Å². The van der Waals surface area contributed by atoms with Crippen LogP contribution >= 0.6 is 0 Å². The van der Waals surface area contributed by atoms with Crippen LogP contribution in [0.2, 0.25) is 0 Å². The Labute approximate surface area is 120 Å². The average Bonchev–Trinajstić information content (AvgIpc) is 2.88. The van der Waals surface area contributed by atoms with Crippen molar-refractivity contribution in [2.75, 3.05) is 7.11 Å². The summed E-state index contributed by atoms with van der Waals surface area (Å²) in [4.78, 5) is 3.43. The van der Waals surface area contributed by atoms with Gasteiger partial charge < -0.3 is 19.0 Å². The first-order valence-electron chi connectivity index (χ1n) is 7.12. The van der Waals surface area contributed by atoms with E-state index >= 15 is 0 Å². The highest BCUT2D eigenvalue weighted by Crippen LogP contribution is 2.37. The lowest BCUT2D eigenvalue weighted by Crippen LogP contribution is -2.41. The zero-order chi connectivity index (χ0) is 14.5. The Bertz CT molecular complexity index is 531. The van der Waals surface area contributed by atoms with Crippen molar-refractivity contribution in [3.05, 3.63) is 23.4 Å².